The van der Waals surface area contributed by atoms with Gasteiger partial charge in [-0.15, -0.1) is 0 Å². The molecule has 0 fully saturated rings. The minimum absolute atomic E-state index is 0.211. The number of hydrogen-bond donors (Lipinski definition) is 0. The van der Waals surface area contributed by atoms with Crippen molar-refractivity contribution in [3.63, 3.8) is 0 Å². The van der Waals surface area contributed by atoms with Crippen LogP contribution in [0.25, 0.3) is 0 Å². The molecule has 0 aliphatic carbocycles. The van der Waals surface area contributed by atoms with Crippen molar-refractivity contribution in [2.45, 2.75) is 26.7 Å². The van der Waals surface area contributed by atoms with E-state index in [1.165, 1.54) is 0 Å². The molecule has 0 radical (unpaired) electrons. The number of hydrogen-bond acceptors (Lipinski definition) is 4. The Labute approximate surface area is 153 Å². The van der Waals surface area contributed by atoms with E-state index in [-0.39, 0.29) is 19.1 Å². The summed E-state index contributed by atoms with van der Waals surface area (Å²) in [5.74, 6) is -0.143. The lowest BCUT2D eigenvalue weighted by molar-refractivity contribution is -0.149. The fourth-order valence-corrected chi connectivity index (χ4v) is 3.21. The monoisotopic (exact) mass is 353 g/mol. The van der Waals surface area contributed by atoms with Gasteiger partial charge >= 0.3 is 5.97 Å². The van der Waals surface area contributed by atoms with Gasteiger partial charge in [-0.1, -0.05) is 24.3 Å². The van der Waals surface area contributed by atoms with Gasteiger partial charge in [-0.3, -0.25) is 4.79 Å². The van der Waals surface area contributed by atoms with Crippen LogP contribution in [0.5, 0.6) is 5.75 Å². The molecular weight excluding hydrogens is 330 g/mol. The summed E-state index contributed by atoms with van der Waals surface area (Å²) >= 11 is 0. The Hall–Kier alpha value is -2.82. The fourth-order valence-electron chi connectivity index (χ4n) is 3.21. The zero-order valence-electron chi connectivity index (χ0n) is 15.2. The second-order valence-corrected chi connectivity index (χ2v) is 6.55. The molecule has 0 aromatic heterocycles. The molecule has 1 aliphatic heterocycles. The highest BCUT2D eigenvalue weighted by Crippen LogP contribution is 2.26. The molecule has 136 valence electrons. The second-order valence-electron chi connectivity index (χ2n) is 6.55. The molecule has 2 aromatic rings. The molecule has 0 bridgehead atoms. The maximum Gasteiger partial charge on any atom is 0.344 e. The lowest BCUT2D eigenvalue weighted by Gasteiger charge is -2.29. The summed E-state index contributed by atoms with van der Waals surface area (Å²) in [7, 11) is 0. The van der Waals surface area contributed by atoms with Crippen LogP contribution < -0.4 is 9.64 Å². The van der Waals surface area contributed by atoms with Crippen LogP contribution in [0, 0.1) is 13.8 Å². The molecule has 5 heteroatoms. The summed E-state index contributed by atoms with van der Waals surface area (Å²) in [6.07, 6.45) is 1.87. The van der Waals surface area contributed by atoms with Gasteiger partial charge in [0, 0.05) is 12.2 Å². The van der Waals surface area contributed by atoms with Crippen molar-refractivity contribution in [2.24, 2.45) is 0 Å². The van der Waals surface area contributed by atoms with Crippen LogP contribution in [0.2, 0.25) is 0 Å². The maximum absolute atomic E-state index is 12.4. The summed E-state index contributed by atoms with van der Waals surface area (Å²) in [5, 5.41) is 0. The maximum atomic E-state index is 12.4. The van der Waals surface area contributed by atoms with Crippen LogP contribution in [-0.2, 0) is 20.7 Å². The first kappa shape index (κ1) is 18.0. The van der Waals surface area contributed by atoms with Gasteiger partial charge in [0.25, 0.3) is 5.91 Å². The third-order valence-electron chi connectivity index (χ3n) is 4.32. The number of amides is 1. The number of para-hydroxylation sites is 1. The Balaban J connectivity index is 1.51. The molecule has 1 amide bonds. The lowest BCUT2D eigenvalue weighted by atomic mass is 10.0. The van der Waals surface area contributed by atoms with Gasteiger partial charge in [0.1, 0.15) is 5.75 Å². The van der Waals surface area contributed by atoms with Crippen molar-refractivity contribution in [3.8, 4) is 5.75 Å². The number of nitrogens with zero attached hydrogens (tertiary/aromatic N) is 1. The molecule has 0 saturated carbocycles. The van der Waals surface area contributed by atoms with E-state index in [0.717, 1.165) is 35.2 Å². The van der Waals surface area contributed by atoms with Crippen molar-refractivity contribution in [2.75, 3.05) is 24.7 Å². The fraction of sp³-hybridized carbons (Fsp3) is 0.333. The number of carbonyl (C=O) groups is 2. The van der Waals surface area contributed by atoms with Crippen molar-refractivity contribution in [1.29, 1.82) is 0 Å². The van der Waals surface area contributed by atoms with Gasteiger partial charge in [0.05, 0.1) is 0 Å². The van der Waals surface area contributed by atoms with Crippen LogP contribution in [0.15, 0.2) is 42.5 Å². The molecule has 0 unspecified atom stereocenters. The Bertz CT molecular complexity index is 795. The third-order valence-corrected chi connectivity index (χ3v) is 4.32. The van der Waals surface area contributed by atoms with E-state index in [2.05, 4.69) is 0 Å². The van der Waals surface area contributed by atoms with Crippen LogP contribution in [0.3, 0.4) is 0 Å². The minimum Gasteiger partial charge on any atom is -0.482 e. The molecule has 3 rings (SSSR count). The molecular formula is C21H23NO4. The second kappa shape index (κ2) is 8.04. The smallest absolute Gasteiger partial charge is 0.344 e. The Morgan fingerprint density at radius 3 is 2.54 bits per heavy atom. The minimum atomic E-state index is -0.553. The summed E-state index contributed by atoms with van der Waals surface area (Å²) < 4.78 is 10.6. The molecule has 2 aromatic carbocycles. The SMILES string of the molecule is Cc1cc(C)cc(OCC(=O)OCC(=O)N2CCCc3ccccc32)c1. The summed E-state index contributed by atoms with van der Waals surface area (Å²) in [6.45, 7) is 4.09. The van der Waals surface area contributed by atoms with E-state index in [4.69, 9.17) is 9.47 Å². The predicted molar refractivity (Wildman–Crippen MR) is 99.5 cm³/mol. The molecule has 0 spiro atoms. The third kappa shape index (κ3) is 4.42. The first-order valence-corrected chi connectivity index (χ1v) is 8.78. The molecule has 1 aliphatic rings. The van der Waals surface area contributed by atoms with Crippen LogP contribution in [0.1, 0.15) is 23.1 Å². The highest BCUT2D eigenvalue weighted by molar-refractivity contribution is 5.96. The van der Waals surface area contributed by atoms with E-state index in [9.17, 15) is 9.59 Å². The predicted octanol–water partition coefficient (Wildman–Crippen LogP) is 3.20. The lowest BCUT2D eigenvalue weighted by Crippen LogP contribution is -2.38. The normalized spacial score (nSPS) is 13.1. The van der Waals surface area contributed by atoms with E-state index in [1.807, 2.05) is 56.3 Å². The van der Waals surface area contributed by atoms with Gasteiger partial charge in [0.2, 0.25) is 0 Å². The molecule has 26 heavy (non-hydrogen) atoms. The summed E-state index contributed by atoms with van der Waals surface area (Å²) in [4.78, 5) is 26.0. The van der Waals surface area contributed by atoms with E-state index >= 15 is 0 Å². The van der Waals surface area contributed by atoms with E-state index < -0.39 is 5.97 Å². The van der Waals surface area contributed by atoms with E-state index in [1.54, 1.807) is 4.90 Å². The van der Waals surface area contributed by atoms with Crippen molar-refractivity contribution in [3.05, 3.63) is 59.2 Å². The largest absolute Gasteiger partial charge is 0.482 e. The topological polar surface area (TPSA) is 55.8 Å². The molecule has 0 atom stereocenters. The van der Waals surface area contributed by atoms with Gasteiger partial charge < -0.3 is 14.4 Å². The number of ether oxygens (including phenoxy) is 2. The van der Waals surface area contributed by atoms with Gasteiger partial charge in [0.15, 0.2) is 13.2 Å². The molecule has 0 N–H and O–H groups in total. The van der Waals surface area contributed by atoms with Crippen LogP contribution in [-0.4, -0.2) is 31.6 Å². The number of anilines is 1. The van der Waals surface area contributed by atoms with Crippen LogP contribution in [0.4, 0.5) is 5.69 Å². The average molecular weight is 353 g/mol. The first-order valence-electron chi connectivity index (χ1n) is 8.78. The Kier molecular flexibility index (Phi) is 5.56. The van der Waals surface area contributed by atoms with Gasteiger partial charge in [-0.05, 0) is 61.6 Å². The average Bonchev–Trinajstić information content (AvgIpc) is 2.63. The number of benzene rings is 2. The summed E-state index contributed by atoms with van der Waals surface area (Å²) in [5.41, 5.74) is 4.18. The quantitative estimate of drug-likeness (QED) is 0.775. The highest BCUT2D eigenvalue weighted by atomic mass is 16.6. The van der Waals surface area contributed by atoms with Crippen molar-refractivity contribution >= 4 is 17.6 Å². The zero-order valence-corrected chi connectivity index (χ0v) is 15.2. The molecule has 0 saturated heterocycles. The number of aryl methyl sites for hydroxylation is 3. The Morgan fingerprint density at radius 2 is 1.77 bits per heavy atom. The standard InChI is InChI=1S/C21H23NO4/c1-15-10-16(2)12-18(11-15)25-14-21(24)26-13-20(23)22-9-5-7-17-6-3-4-8-19(17)22/h3-4,6,8,10-12H,5,7,9,13-14H2,1-2H3. The molecule has 5 nitrogen and oxygen atoms in total. The van der Waals surface area contributed by atoms with Crippen molar-refractivity contribution < 1.29 is 19.1 Å². The van der Waals surface area contributed by atoms with Gasteiger partial charge in [-0.2, -0.15) is 0 Å². The number of carbonyl (C=O) groups excluding carboxylic acids is 2. The first-order chi connectivity index (χ1) is 12.5. The zero-order chi connectivity index (χ0) is 18.5. The number of esters is 1. The highest BCUT2D eigenvalue weighted by Gasteiger charge is 2.23. The van der Waals surface area contributed by atoms with Gasteiger partial charge in [-0.25, -0.2) is 4.79 Å². The number of fused-ring (bicyclic) bond motifs is 1. The van der Waals surface area contributed by atoms with E-state index in [0.29, 0.717) is 12.3 Å². The molecule has 1 heterocycles. The van der Waals surface area contributed by atoms with Crippen molar-refractivity contribution in [1.82, 2.24) is 0 Å². The number of rotatable bonds is 5. The van der Waals surface area contributed by atoms with Crippen LogP contribution >= 0.6 is 0 Å². The summed E-state index contributed by atoms with van der Waals surface area (Å²) in [6, 6.07) is 13.6. The Morgan fingerprint density at radius 1 is 1.04 bits per heavy atom.